The average Bonchev–Trinajstić information content (AvgIpc) is 2.00. The number of nitrogens with zero attached hydrogens (tertiary/aromatic N) is 1. The maximum atomic E-state index is 12.3. The van der Waals surface area contributed by atoms with Crippen molar-refractivity contribution in [3.8, 4) is 0 Å². The topological polar surface area (TPSA) is 12.5 Å². The van der Waals surface area contributed by atoms with Crippen LogP contribution in [0.2, 0.25) is 0 Å². The minimum Gasteiger partial charge on any atom is -0.445 e. The van der Waals surface area contributed by atoms with E-state index in [0.29, 0.717) is 19.7 Å². The van der Waals surface area contributed by atoms with E-state index >= 15 is 0 Å². The highest BCUT2D eigenvalue weighted by Gasteiger charge is 2.31. The van der Waals surface area contributed by atoms with Gasteiger partial charge in [0, 0.05) is 13.1 Å². The van der Waals surface area contributed by atoms with Crippen LogP contribution in [0.4, 0.5) is 12.9 Å². The van der Waals surface area contributed by atoms with Gasteiger partial charge in [-0.1, -0.05) is 0 Å². The molecule has 0 aromatic carbocycles. The van der Waals surface area contributed by atoms with Crippen molar-refractivity contribution in [1.29, 1.82) is 0 Å². The number of hydrogen-bond acceptors (Lipinski definition) is 2. The lowest BCUT2D eigenvalue weighted by Crippen LogP contribution is -2.49. The maximum absolute atomic E-state index is 12.3. The highest BCUT2D eigenvalue weighted by atomic mass is 19.4. The van der Waals surface area contributed by atoms with Crippen LogP contribution in [0.25, 0.3) is 0 Å². The van der Waals surface area contributed by atoms with Gasteiger partial charge in [-0.2, -0.15) is 0 Å². The Labute approximate surface area is 88.1 Å². The number of rotatable bonds is 3. The molecule has 0 aromatic rings. The second kappa shape index (κ2) is 4.18. The van der Waals surface area contributed by atoms with Crippen LogP contribution in [0.1, 0.15) is 13.8 Å². The molecule has 0 unspecified atom stereocenters. The van der Waals surface area contributed by atoms with E-state index in [0.717, 1.165) is 0 Å². The highest BCUT2D eigenvalue weighted by Crippen LogP contribution is 2.22. The van der Waals surface area contributed by atoms with Crippen LogP contribution in [-0.4, -0.2) is 43.7 Å². The SMILES string of the molecule is C=C(CN1CCOC(C)(C)C1)[B-](F)(F)F. The number of morpholine rings is 1. The molecule has 1 saturated heterocycles. The Hall–Kier alpha value is -0.485. The van der Waals surface area contributed by atoms with Crippen molar-refractivity contribution in [2.45, 2.75) is 19.4 Å². The first-order chi connectivity index (χ1) is 6.71. The predicted octanol–water partition coefficient (Wildman–Crippen LogP) is 2.04. The highest BCUT2D eigenvalue weighted by molar-refractivity contribution is 6.66. The van der Waals surface area contributed by atoms with Gasteiger partial charge in [-0.25, -0.2) is 0 Å². The summed E-state index contributed by atoms with van der Waals surface area (Å²) in [5, 5.41) is 0. The predicted molar refractivity (Wildman–Crippen MR) is 54.7 cm³/mol. The van der Waals surface area contributed by atoms with Crippen molar-refractivity contribution in [2.75, 3.05) is 26.2 Å². The van der Waals surface area contributed by atoms with E-state index in [2.05, 4.69) is 6.58 Å². The molecule has 0 radical (unpaired) electrons. The molecule has 0 N–H and O–H groups in total. The quantitative estimate of drug-likeness (QED) is 0.677. The standard InChI is InChI=1S/C9H16BF3NO/c1-8(10(11,12)13)6-14-4-5-15-9(2,3)7-14/h1,4-7H2,2-3H3/q-1. The number of ether oxygens (including phenoxy) is 1. The molecule has 2 nitrogen and oxygen atoms in total. The summed E-state index contributed by atoms with van der Waals surface area (Å²) in [6, 6.07) is 0. The summed E-state index contributed by atoms with van der Waals surface area (Å²) in [5.74, 6) is 0. The fraction of sp³-hybridized carbons (Fsp3) is 0.778. The molecule has 1 fully saturated rings. The van der Waals surface area contributed by atoms with E-state index in [1.165, 1.54) is 0 Å². The largest absolute Gasteiger partial charge is 0.506 e. The number of hydrogen-bond donors (Lipinski definition) is 0. The van der Waals surface area contributed by atoms with Crippen LogP contribution < -0.4 is 0 Å². The lowest BCUT2D eigenvalue weighted by atomic mass is 9.80. The molecule has 15 heavy (non-hydrogen) atoms. The first-order valence-corrected chi connectivity index (χ1v) is 4.95. The second-order valence-electron chi connectivity index (χ2n) is 4.55. The lowest BCUT2D eigenvalue weighted by molar-refractivity contribution is -0.0833. The second-order valence-corrected chi connectivity index (χ2v) is 4.55. The summed E-state index contributed by atoms with van der Waals surface area (Å²) >= 11 is 0. The average molecular weight is 222 g/mol. The molecule has 0 atom stereocenters. The van der Waals surface area contributed by atoms with Crippen LogP contribution in [-0.2, 0) is 4.74 Å². The Morgan fingerprint density at radius 2 is 2.07 bits per heavy atom. The Morgan fingerprint density at radius 3 is 2.53 bits per heavy atom. The molecule has 1 rings (SSSR count). The molecule has 1 heterocycles. The summed E-state index contributed by atoms with van der Waals surface area (Å²) in [6.45, 7) is 3.35. The molecular weight excluding hydrogens is 206 g/mol. The van der Waals surface area contributed by atoms with Gasteiger partial charge in [-0.05, 0) is 20.4 Å². The smallest absolute Gasteiger partial charge is 0.445 e. The van der Waals surface area contributed by atoms with E-state index in [1.54, 1.807) is 4.90 Å². The minimum atomic E-state index is -4.91. The molecule has 1 aliphatic heterocycles. The fourth-order valence-electron chi connectivity index (χ4n) is 1.64. The van der Waals surface area contributed by atoms with Crippen LogP contribution in [0.5, 0.6) is 0 Å². The van der Waals surface area contributed by atoms with Gasteiger partial charge in [0.2, 0.25) is 0 Å². The Kier molecular flexibility index (Phi) is 3.50. The van der Waals surface area contributed by atoms with Crippen LogP contribution in [0.3, 0.4) is 0 Å². The van der Waals surface area contributed by atoms with Gasteiger partial charge in [-0.15, -0.1) is 12.1 Å². The summed E-state index contributed by atoms with van der Waals surface area (Å²) in [7, 11) is 0. The zero-order valence-electron chi connectivity index (χ0n) is 9.10. The van der Waals surface area contributed by atoms with Crippen LogP contribution >= 0.6 is 0 Å². The third-order valence-electron chi connectivity index (χ3n) is 2.39. The van der Waals surface area contributed by atoms with Crippen molar-refractivity contribution in [3.63, 3.8) is 0 Å². The van der Waals surface area contributed by atoms with Crippen molar-refractivity contribution in [1.82, 2.24) is 4.90 Å². The summed E-state index contributed by atoms with van der Waals surface area (Å²) in [5.41, 5.74) is -0.996. The van der Waals surface area contributed by atoms with Crippen molar-refractivity contribution in [3.05, 3.63) is 12.1 Å². The van der Waals surface area contributed by atoms with Gasteiger partial charge in [0.1, 0.15) is 0 Å². The summed E-state index contributed by atoms with van der Waals surface area (Å²) in [4.78, 5) is 1.74. The Bertz CT molecular complexity index is 252. The van der Waals surface area contributed by atoms with Crippen molar-refractivity contribution < 1.29 is 17.7 Å². The van der Waals surface area contributed by atoms with E-state index in [1.807, 2.05) is 13.8 Å². The van der Waals surface area contributed by atoms with Crippen molar-refractivity contribution >= 4 is 6.98 Å². The lowest BCUT2D eigenvalue weighted by Gasteiger charge is -2.39. The number of halogens is 3. The molecule has 1 aliphatic rings. The summed E-state index contributed by atoms with van der Waals surface area (Å²) < 4.78 is 42.3. The Morgan fingerprint density at radius 1 is 1.47 bits per heavy atom. The monoisotopic (exact) mass is 222 g/mol. The first-order valence-electron chi connectivity index (χ1n) is 4.95. The molecule has 88 valence electrons. The van der Waals surface area contributed by atoms with E-state index in [-0.39, 0.29) is 12.1 Å². The van der Waals surface area contributed by atoms with Crippen LogP contribution in [0.15, 0.2) is 12.1 Å². The Balaban J connectivity index is 2.49. The molecular formula is C9H16BF3NO-. The third kappa shape index (κ3) is 3.87. The molecule has 6 heteroatoms. The van der Waals surface area contributed by atoms with E-state index in [9.17, 15) is 12.9 Å². The van der Waals surface area contributed by atoms with Crippen LogP contribution in [0, 0.1) is 0 Å². The third-order valence-corrected chi connectivity index (χ3v) is 2.39. The zero-order valence-corrected chi connectivity index (χ0v) is 9.10. The minimum absolute atomic E-state index is 0.101. The first kappa shape index (κ1) is 12.6. The molecule has 0 bridgehead atoms. The van der Waals surface area contributed by atoms with E-state index in [4.69, 9.17) is 4.74 Å². The molecule has 0 saturated carbocycles. The van der Waals surface area contributed by atoms with Gasteiger partial charge in [0.05, 0.1) is 12.2 Å². The molecule has 0 aromatic heterocycles. The molecule has 0 aliphatic carbocycles. The van der Waals surface area contributed by atoms with Gasteiger partial charge in [0.15, 0.2) is 0 Å². The maximum Gasteiger partial charge on any atom is 0.506 e. The fourth-order valence-corrected chi connectivity index (χ4v) is 1.64. The zero-order chi connectivity index (χ0) is 11.7. The van der Waals surface area contributed by atoms with E-state index < -0.39 is 12.4 Å². The van der Waals surface area contributed by atoms with Gasteiger partial charge in [-0.3, -0.25) is 4.90 Å². The van der Waals surface area contributed by atoms with Crippen molar-refractivity contribution in [2.24, 2.45) is 0 Å². The van der Waals surface area contributed by atoms with Gasteiger partial charge >= 0.3 is 6.98 Å². The molecule has 0 amide bonds. The van der Waals surface area contributed by atoms with Gasteiger partial charge < -0.3 is 17.7 Å². The normalized spacial score (nSPS) is 22.7. The molecule has 0 spiro atoms. The van der Waals surface area contributed by atoms with Gasteiger partial charge in [0.25, 0.3) is 0 Å². The summed E-state index contributed by atoms with van der Waals surface area (Å²) in [6.07, 6.45) is 0.